The number of rotatable bonds is 14. The highest BCUT2D eigenvalue weighted by molar-refractivity contribution is 7.92. The van der Waals surface area contributed by atoms with Crippen LogP contribution in [0.2, 0.25) is 0 Å². The number of anilines is 1. The molecular formula is C32H41N3O6S. The third-order valence-electron chi connectivity index (χ3n) is 7.09. The van der Waals surface area contributed by atoms with Gasteiger partial charge in [0.05, 0.1) is 24.8 Å². The summed E-state index contributed by atoms with van der Waals surface area (Å²) in [6, 6.07) is 19.5. The Morgan fingerprint density at radius 1 is 0.881 bits per heavy atom. The zero-order valence-electron chi connectivity index (χ0n) is 25.2. The minimum Gasteiger partial charge on any atom is -0.493 e. The van der Waals surface area contributed by atoms with Crippen LogP contribution in [-0.2, 0) is 26.2 Å². The van der Waals surface area contributed by atoms with Crippen LogP contribution < -0.4 is 19.1 Å². The Bertz CT molecular complexity index is 1460. The molecule has 1 N–H and O–H groups in total. The van der Waals surface area contributed by atoms with Crippen LogP contribution in [0.3, 0.4) is 0 Å². The summed E-state index contributed by atoms with van der Waals surface area (Å²) < 4.78 is 39.9. The first-order valence-electron chi connectivity index (χ1n) is 14.0. The predicted octanol–water partition coefficient (Wildman–Crippen LogP) is 4.93. The van der Waals surface area contributed by atoms with E-state index >= 15 is 0 Å². The lowest BCUT2D eigenvalue weighted by Gasteiger charge is -2.33. The first kappa shape index (κ1) is 32.5. The summed E-state index contributed by atoms with van der Waals surface area (Å²) in [6.07, 6.45) is 1.09. The molecule has 0 radical (unpaired) electrons. The molecule has 42 heavy (non-hydrogen) atoms. The Kier molecular flexibility index (Phi) is 11.4. The van der Waals surface area contributed by atoms with Gasteiger partial charge >= 0.3 is 0 Å². The lowest BCUT2D eigenvalue weighted by atomic mass is 10.1. The van der Waals surface area contributed by atoms with E-state index in [4.69, 9.17) is 9.47 Å². The number of para-hydroxylation sites is 1. The highest BCUT2D eigenvalue weighted by Crippen LogP contribution is 2.32. The highest BCUT2D eigenvalue weighted by Gasteiger charge is 2.34. The summed E-state index contributed by atoms with van der Waals surface area (Å²) in [7, 11) is -1.36. The number of carbonyl (C=O) groups is 2. The number of hydrogen-bond donors (Lipinski definition) is 1. The molecule has 2 amide bonds. The average molecular weight is 596 g/mol. The molecule has 10 heteroatoms. The molecule has 0 aliphatic heterocycles. The fourth-order valence-corrected chi connectivity index (χ4v) is 6.03. The summed E-state index contributed by atoms with van der Waals surface area (Å²) in [6.45, 7) is 7.30. The van der Waals surface area contributed by atoms with Crippen LogP contribution in [0.4, 0.5) is 5.69 Å². The van der Waals surface area contributed by atoms with Crippen LogP contribution in [0.5, 0.6) is 11.5 Å². The maximum Gasteiger partial charge on any atom is 0.264 e. The normalized spacial score (nSPS) is 12.6. The number of aryl methyl sites for hydroxylation is 1. The van der Waals surface area contributed by atoms with Crippen molar-refractivity contribution in [2.24, 2.45) is 0 Å². The van der Waals surface area contributed by atoms with Gasteiger partial charge in [-0.3, -0.25) is 13.9 Å². The van der Waals surface area contributed by atoms with Crippen LogP contribution in [0.15, 0.2) is 77.7 Å². The molecule has 0 aromatic heterocycles. The summed E-state index contributed by atoms with van der Waals surface area (Å²) in [5.74, 6) is -0.162. The zero-order chi connectivity index (χ0) is 30.9. The van der Waals surface area contributed by atoms with Crippen molar-refractivity contribution < 1.29 is 27.5 Å². The number of nitrogens with one attached hydrogen (secondary N) is 1. The molecular weight excluding hydrogens is 554 g/mol. The van der Waals surface area contributed by atoms with Gasteiger partial charge in [0, 0.05) is 18.7 Å². The van der Waals surface area contributed by atoms with Crippen molar-refractivity contribution >= 4 is 27.5 Å². The Hall–Kier alpha value is -4.05. The van der Waals surface area contributed by atoms with Gasteiger partial charge < -0.3 is 19.7 Å². The third-order valence-corrected chi connectivity index (χ3v) is 8.86. The van der Waals surface area contributed by atoms with E-state index in [0.717, 1.165) is 21.9 Å². The number of hydrogen-bond acceptors (Lipinski definition) is 6. The van der Waals surface area contributed by atoms with Crippen LogP contribution in [0, 0.1) is 6.92 Å². The largest absolute Gasteiger partial charge is 0.493 e. The van der Waals surface area contributed by atoms with Gasteiger partial charge in [-0.2, -0.15) is 0 Å². The molecule has 0 aliphatic rings. The van der Waals surface area contributed by atoms with Gasteiger partial charge in [-0.1, -0.05) is 61.9 Å². The molecule has 0 saturated heterocycles. The summed E-state index contributed by atoms with van der Waals surface area (Å²) in [5, 5.41) is 2.99. The minimum absolute atomic E-state index is 0.0661. The molecule has 3 aromatic carbocycles. The van der Waals surface area contributed by atoms with Crippen molar-refractivity contribution in [1.29, 1.82) is 0 Å². The number of ether oxygens (including phenoxy) is 2. The van der Waals surface area contributed by atoms with Gasteiger partial charge in [-0.15, -0.1) is 0 Å². The number of nitrogens with zero attached hydrogens (tertiary/aromatic N) is 2. The quantitative estimate of drug-likeness (QED) is 0.283. The molecule has 9 nitrogen and oxygen atoms in total. The predicted molar refractivity (Wildman–Crippen MR) is 164 cm³/mol. The standard InChI is InChI=1S/C32H41N3O6S/c1-7-24(4)33-32(37)28(8-2)34(21-25-14-12-13-23(3)19-25)31(36)22-35(26-15-10-9-11-16-26)42(38,39)27-17-18-29(40-5)30(20-27)41-6/h9-20,24,28H,7-8,21-22H2,1-6H3,(H,33,37)/t24-,28+/m0/s1. The molecule has 3 aromatic rings. The van der Waals surface area contributed by atoms with Crippen molar-refractivity contribution in [3.05, 3.63) is 83.9 Å². The van der Waals surface area contributed by atoms with Crippen molar-refractivity contribution in [3.63, 3.8) is 0 Å². The molecule has 0 fully saturated rings. The van der Waals surface area contributed by atoms with Gasteiger partial charge in [-0.05, 0) is 56.5 Å². The summed E-state index contributed by atoms with van der Waals surface area (Å²) >= 11 is 0. The van der Waals surface area contributed by atoms with Crippen LogP contribution in [0.1, 0.15) is 44.7 Å². The third kappa shape index (κ3) is 7.82. The van der Waals surface area contributed by atoms with Crippen LogP contribution >= 0.6 is 0 Å². The van der Waals surface area contributed by atoms with E-state index in [1.165, 1.54) is 37.3 Å². The average Bonchev–Trinajstić information content (AvgIpc) is 2.99. The molecule has 0 saturated carbocycles. The summed E-state index contributed by atoms with van der Waals surface area (Å²) in [5.41, 5.74) is 2.17. The summed E-state index contributed by atoms with van der Waals surface area (Å²) in [4.78, 5) is 29.0. The second kappa shape index (κ2) is 14.7. The highest BCUT2D eigenvalue weighted by atomic mass is 32.2. The van der Waals surface area contributed by atoms with E-state index in [0.29, 0.717) is 17.9 Å². The number of benzene rings is 3. The molecule has 226 valence electrons. The van der Waals surface area contributed by atoms with Crippen molar-refractivity contribution in [3.8, 4) is 11.5 Å². The monoisotopic (exact) mass is 595 g/mol. The number of sulfonamides is 1. The van der Waals surface area contributed by atoms with E-state index in [-0.39, 0.29) is 29.1 Å². The van der Waals surface area contributed by atoms with Crippen molar-refractivity contribution in [1.82, 2.24) is 10.2 Å². The molecule has 0 bridgehead atoms. The maximum atomic E-state index is 14.2. The number of carbonyl (C=O) groups excluding carboxylic acids is 2. The van der Waals surface area contributed by atoms with Gasteiger partial charge in [0.1, 0.15) is 12.6 Å². The van der Waals surface area contributed by atoms with Crippen LogP contribution in [0.25, 0.3) is 0 Å². The molecule has 2 atom stereocenters. The second-order valence-corrected chi connectivity index (χ2v) is 12.0. The van der Waals surface area contributed by atoms with E-state index in [9.17, 15) is 18.0 Å². The first-order chi connectivity index (χ1) is 20.0. The maximum absolute atomic E-state index is 14.2. The van der Waals surface area contributed by atoms with E-state index in [1.807, 2.05) is 52.0 Å². The van der Waals surface area contributed by atoms with Gasteiger partial charge in [0.25, 0.3) is 10.0 Å². The Morgan fingerprint density at radius 2 is 1.57 bits per heavy atom. The lowest BCUT2D eigenvalue weighted by Crippen LogP contribution is -2.53. The van der Waals surface area contributed by atoms with E-state index < -0.39 is 28.5 Å². The Morgan fingerprint density at radius 3 is 2.17 bits per heavy atom. The molecule has 0 aliphatic carbocycles. The first-order valence-corrected chi connectivity index (χ1v) is 15.4. The number of amides is 2. The molecule has 0 spiro atoms. The molecule has 0 unspecified atom stereocenters. The van der Waals surface area contributed by atoms with E-state index in [1.54, 1.807) is 30.3 Å². The van der Waals surface area contributed by atoms with Crippen LogP contribution in [-0.4, -0.2) is 58.0 Å². The molecule has 3 rings (SSSR count). The second-order valence-electron chi connectivity index (χ2n) is 10.1. The fourth-order valence-electron chi connectivity index (χ4n) is 4.60. The van der Waals surface area contributed by atoms with Crippen molar-refractivity contribution in [2.45, 2.75) is 64.1 Å². The van der Waals surface area contributed by atoms with E-state index in [2.05, 4.69) is 5.32 Å². The zero-order valence-corrected chi connectivity index (χ0v) is 26.0. The minimum atomic E-state index is -4.25. The lowest BCUT2D eigenvalue weighted by molar-refractivity contribution is -0.140. The topological polar surface area (TPSA) is 105 Å². The Balaban J connectivity index is 2.07. The number of methoxy groups -OCH3 is 2. The van der Waals surface area contributed by atoms with Gasteiger partial charge in [0.2, 0.25) is 11.8 Å². The SMILES string of the molecule is CC[C@H](C(=O)N[C@@H](C)CC)N(Cc1cccc(C)c1)C(=O)CN(c1ccccc1)S(=O)(=O)c1ccc(OC)c(OC)c1. The Labute approximate surface area is 249 Å². The molecule has 0 heterocycles. The smallest absolute Gasteiger partial charge is 0.264 e. The van der Waals surface area contributed by atoms with Crippen molar-refractivity contribution in [2.75, 3.05) is 25.1 Å². The van der Waals surface area contributed by atoms with Gasteiger partial charge in [0.15, 0.2) is 11.5 Å². The van der Waals surface area contributed by atoms with Gasteiger partial charge in [-0.25, -0.2) is 8.42 Å². The fraction of sp³-hybridized carbons (Fsp3) is 0.375.